The van der Waals surface area contributed by atoms with Crippen molar-refractivity contribution in [3.05, 3.63) is 65.7 Å². The molecule has 1 aliphatic carbocycles. The molecule has 3 nitrogen and oxygen atoms in total. The van der Waals surface area contributed by atoms with Crippen LogP contribution in [-0.4, -0.2) is 23.4 Å². The van der Waals surface area contributed by atoms with Crippen molar-refractivity contribution in [3.8, 4) is 0 Å². The van der Waals surface area contributed by atoms with Gasteiger partial charge < -0.3 is 5.32 Å². The van der Waals surface area contributed by atoms with Gasteiger partial charge in [-0.1, -0.05) is 24.3 Å². The molecule has 1 N–H and O–H groups in total. The Morgan fingerprint density at radius 2 is 1.91 bits per heavy atom. The number of carbonyl (C=O) groups excluding carboxylic acids is 1. The van der Waals surface area contributed by atoms with E-state index < -0.39 is 5.82 Å². The number of nitrogens with zero attached hydrogens (tertiary/aromatic N) is 1. The Hall–Kier alpha value is -2.27. The summed E-state index contributed by atoms with van der Waals surface area (Å²) in [5.41, 5.74) is 1.01. The zero-order chi connectivity index (χ0) is 16.2. The lowest BCUT2D eigenvalue weighted by Gasteiger charge is -2.21. The highest BCUT2D eigenvalue weighted by Crippen LogP contribution is 2.28. The number of benzene rings is 2. The first-order valence-electron chi connectivity index (χ1n) is 7.65. The maximum absolute atomic E-state index is 13.6. The second kappa shape index (κ2) is 6.87. The van der Waals surface area contributed by atoms with Crippen LogP contribution in [0, 0.1) is 11.6 Å². The summed E-state index contributed by atoms with van der Waals surface area (Å²) < 4.78 is 26.9. The Morgan fingerprint density at radius 3 is 2.61 bits per heavy atom. The predicted molar refractivity (Wildman–Crippen MR) is 84.9 cm³/mol. The summed E-state index contributed by atoms with van der Waals surface area (Å²) in [4.78, 5) is 14.2. The lowest BCUT2D eigenvalue weighted by molar-refractivity contribution is -0.117. The average molecular weight is 316 g/mol. The van der Waals surface area contributed by atoms with Crippen molar-refractivity contribution in [3.63, 3.8) is 0 Å². The molecule has 0 heterocycles. The smallest absolute Gasteiger partial charge is 0.238 e. The second-order valence-corrected chi connectivity index (χ2v) is 5.79. The van der Waals surface area contributed by atoms with Crippen LogP contribution in [0.5, 0.6) is 0 Å². The van der Waals surface area contributed by atoms with E-state index in [9.17, 15) is 13.6 Å². The van der Waals surface area contributed by atoms with Crippen LogP contribution < -0.4 is 5.32 Å². The predicted octanol–water partition coefficient (Wildman–Crippen LogP) is 3.57. The molecule has 1 amide bonds. The first-order valence-corrected chi connectivity index (χ1v) is 7.65. The van der Waals surface area contributed by atoms with Crippen LogP contribution in [0.2, 0.25) is 0 Å². The van der Waals surface area contributed by atoms with E-state index in [1.807, 2.05) is 11.0 Å². The average Bonchev–Trinajstić information content (AvgIpc) is 3.34. The molecule has 0 saturated heterocycles. The quantitative estimate of drug-likeness (QED) is 0.883. The molecular weight excluding hydrogens is 298 g/mol. The highest BCUT2D eigenvalue weighted by molar-refractivity contribution is 5.92. The van der Waals surface area contributed by atoms with Crippen molar-refractivity contribution in [2.24, 2.45) is 0 Å². The third-order valence-electron chi connectivity index (χ3n) is 3.83. The number of anilines is 1. The van der Waals surface area contributed by atoms with Crippen molar-refractivity contribution < 1.29 is 13.6 Å². The van der Waals surface area contributed by atoms with Gasteiger partial charge in [0.2, 0.25) is 5.91 Å². The van der Waals surface area contributed by atoms with Crippen LogP contribution in [0.3, 0.4) is 0 Å². The molecule has 5 heteroatoms. The molecule has 0 radical (unpaired) electrons. The summed E-state index contributed by atoms with van der Waals surface area (Å²) in [5, 5.41) is 2.59. The van der Waals surface area contributed by atoms with Crippen molar-refractivity contribution in [1.29, 1.82) is 0 Å². The highest BCUT2D eigenvalue weighted by atomic mass is 19.1. The van der Waals surface area contributed by atoms with Gasteiger partial charge in [-0.15, -0.1) is 0 Å². The zero-order valence-corrected chi connectivity index (χ0v) is 12.6. The number of para-hydroxylation sites is 1. The molecule has 0 bridgehead atoms. The SMILES string of the molecule is O=C(CN(Cc1cccc(F)c1)C1CC1)Nc1ccccc1F. The molecule has 0 atom stereocenters. The number of amides is 1. The normalized spacial score (nSPS) is 14.0. The first-order chi connectivity index (χ1) is 11.1. The van der Waals surface area contributed by atoms with Gasteiger partial charge in [-0.3, -0.25) is 9.69 Å². The van der Waals surface area contributed by atoms with Crippen LogP contribution in [0.25, 0.3) is 0 Å². The molecule has 120 valence electrons. The topological polar surface area (TPSA) is 32.3 Å². The van der Waals surface area contributed by atoms with Gasteiger partial charge in [0.1, 0.15) is 11.6 Å². The maximum Gasteiger partial charge on any atom is 0.238 e. The summed E-state index contributed by atoms with van der Waals surface area (Å²) in [5.74, 6) is -1.00. The number of halogens is 2. The van der Waals surface area contributed by atoms with Crippen molar-refractivity contribution in [1.82, 2.24) is 4.90 Å². The largest absolute Gasteiger partial charge is 0.322 e. The maximum atomic E-state index is 13.6. The minimum absolute atomic E-state index is 0.162. The van der Waals surface area contributed by atoms with E-state index in [2.05, 4.69) is 5.32 Å². The monoisotopic (exact) mass is 316 g/mol. The summed E-state index contributed by atoms with van der Waals surface area (Å²) >= 11 is 0. The molecule has 0 unspecified atom stereocenters. The Balaban J connectivity index is 1.63. The summed E-state index contributed by atoms with van der Waals surface area (Å²) in [7, 11) is 0. The Morgan fingerprint density at radius 1 is 1.13 bits per heavy atom. The minimum atomic E-state index is -0.455. The van der Waals surface area contributed by atoms with Gasteiger partial charge in [0.25, 0.3) is 0 Å². The molecule has 0 aliphatic heterocycles. The van der Waals surface area contributed by atoms with Gasteiger partial charge >= 0.3 is 0 Å². The van der Waals surface area contributed by atoms with Gasteiger partial charge in [0.05, 0.1) is 12.2 Å². The molecule has 1 aliphatic rings. The Labute approximate surface area is 133 Å². The van der Waals surface area contributed by atoms with E-state index >= 15 is 0 Å². The van der Waals surface area contributed by atoms with Crippen LogP contribution >= 0.6 is 0 Å². The molecule has 3 rings (SSSR count). The number of hydrogen-bond donors (Lipinski definition) is 1. The fourth-order valence-electron chi connectivity index (χ4n) is 2.56. The van der Waals surface area contributed by atoms with Crippen molar-refractivity contribution in [2.75, 3.05) is 11.9 Å². The van der Waals surface area contributed by atoms with E-state index in [1.165, 1.54) is 24.3 Å². The van der Waals surface area contributed by atoms with Crippen LogP contribution in [0.15, 0.2) is 48.5 Å². The van der Waals surface area contributed by atoms with Crippen LogP contribution in [-0.2, 0) is 11.3 Å². The lowest BCUT2D eigenvalue weighted by Crippen LogP contribution is -2.34. The molecule has 2 aromatic carbocycles. The molecular formula is C18H18F2N2O. The second-order valence-electron chi connectivity index (χ2n) is 5.79. The number of carbonyl (C=O) groups is 1. The van der Waals surface area contributed by atoms with E-state index in [-0.39, 0.29) is 24.0 Å². The number of rotatable bonds is 6. The summed E-state index contributed by atoms with van der Waals surface area (Å²) in [6.45, 7) is 0.669. The highest BCUT2D eigenvalue weighted by Gasteiger charge is 2.30. The van der Waals surface area contributed by atoms with Gasteiger partial charge in [-0.05, 0) is 42.7 Å². The third kappa shape index (κ3) is 4.36. The fraction of sp³-hybridized carbons (Fsp3) is 0.278. The molecule has 1 fully saturated rings. The van der Waals surface area contributed by atoms with Gasteiger partial charge in [0, 0.05) is 12.6 Å². The van der Waals surface area contributed by atoms with E-state index in [0.29, 0.717) is 12.6 Å². The molecule has 23 heavy (non-hydrogen) atoms. The van der Waals surface area contributed by atoms with E-state index in [0.717, 1.165) is 18.4 Å². The van der Waals surface area contributed by atoms with Gasteiger partial charge in [-0.2, -0.15) is 0 Å². The summed E-state index contributed by atoms with van der Waals surface area (Å²) in [6.07, 6.45) is 2.06. The first kappa shape index (κ1) is 15.6. The van der Waals surface area contributed by atoms with Crippen LogP contribution in [0.4, 0.5) is 14.5 Å². The Kier molecular flexibility index (Phi) is 4.67. The summed E-state index contributed by atoms with van der Waals surface area (Å²) in [6, 6.07) is 12.8. The molecule has 0 aromatic heterocycles. The van der Waals surface area contributed by atoms with Gasteiger partial charge in [0.15, 0.2) is 0 Å². The standard InChI is InChI=1S/C18H18F2N2O/c19-14-5-3-4-13(10-14)11-22(15-8-9-15)12-18(23)21-17-7-2-1-6-16(17)20/h1-7,10,15H,8-9,11-12H2,(H,21,23). The third-order valence-corrected chi connectivity index (χ3v) is 3.83. The number of nitrogens with one attached hydrogen (secondary N) is 1. The lowest BCUT2D eigenvalue weighted by atomic mass is 10.2. The molecule has 1 saturated carbocycles. The fourth-order valence-corrected chi connectivity index (χ4v) is 2.56. The van der Waals surface area contributed by atoms with E-state index in [1.54, 1.807) is 18.2 Å². The van der Waals surface area contributed by atoms with Crippen LogP contribution in [0.1, 0.15) is 18.4 Å². The Bertz CT molecular complexity index is 701. The number of hydrogen-bond acceptors (Lipinski definition) is 2. The zero-order valence-electron chi connectivity index (χ0n) is 12.6. The van der Waals surface area contributed by atoms with E-state index in [4.69, 9.17) is 0 Å². The molecule has 0 spiro atoms. The van der Waals surface area contributed by atoms with Gasteiger partial charge in [-0.25, -0.2) is 8.78 Å². The van der Waals surface area contributed by atoms with Crippen molar-refractivity contribution >= 4 is 11.6 Å². The van der Waals surface area contributed by atoms with Crippen molar-refractivity contribution in [2.45, 2.75) is 25.4 Å². The molecule has 2 aromatic rings. The minimum Gasteiger partial charge on any atom is -0.322 e.